The molecule has 9 heteroatoms. The number of carbonyl (C=O) groups is 1. The maximum absolute atomic E-state index is 13.1. The van der Waals surface area contributed by atoms with Crippen LogP contribution < -0.4 is 4.90 Å². The Morgan fingerprint density at radius 1 is 1.22 bits per heavy atom. The Labute approximate surface area is 188 Å². The van der Waals surface area contributed by atoms with Crippen molar-refractivity contribution >= 4 is 11.6 Å². The van der Waals surface area contributed by atoms with Crippen LogP contribution >= 0.6 is 0 Å². The summed E-state index contributed by atoms with van der Waals surface area (Å²) >= 11 is 0. The third-order valence-corrected chi connectivity index (χ3v) is 5.99. The third-order valence-electron chi connectivity index (χ3n) is 5.99. The average Bonchev–Trinajstić information content (AvgIpc) is 3.50. The van der Waals surface area contributed by atoms with Crippen molar-refractivity contribution in [2.45, 2.75) is 52.5 Å². The fourth-order valence-electron chi connectivity index (χ4n) is 4.07. The smallest absolute Gasteiger partial charge is 0.280 e. The number of anilines is 1. The van der Waals surface area contributed by atoms with Crippen molar-refractivity contribution in [2.24, 2.45) is 0 Å². The highest BCUT2D eigenvalue weighted by atomic mass is 16.5. The second kappa shape index (κ2) is 9.50. The molecule has 3 heterocycles. The lowest BCUT2D eigenvalue weighted by molar-refractivity contribution is 0.0672. The summed E-state index contributed by atoms with van der Waals surface area (Å²) in [5.74, 6) is 1.26. The molecule has 0 spiro atoms. The molecule has 1 unspecified atom stereocenters. The van der Waals surface area contributed by atoms with Crippen molar-refractivity contribution in [2.75, 3.05) is 31.1 Å². The van der Waals surface area contributed by atoms with Gasteiger partial charge in [-0.3, -0.25) is 4.79 Å². The Morgan fingerprint density at radius 3 is 2.62 bits per heavy atom. The summed E-state index contributed by atoms with van der Waals surface area (Å²) in [6.45, 7) is 11.5. The van der Waals surface area contributed by atoms with Crippen LogP contribution in [-0.2, 0) is 0 Å². The second-order valence-corrected chi connectivity index (χ2v) is 8.46. The van der Waals surface area contributed by atoms with E-state index >= 15 is 0 Å². The van der Waals surface area contributed by atoms with E-state index in [-0.39, 0.29) is 17.9 Å². The minimum absolute atomic E-state index is 0.0552. The first-order chi connectivity index (χ1) is 15.5. The SMILES string of the molecule is CCN(CC)c1ccc(C(=O)N2CCCC(n3cc(-c4nc(C(C)C)no4)nn3)C2)cc1. The number of likely N-dealkylation sites (tertiary alicyclic amines) is 1. The van der Waals surface area contributed by atoms with Gasteiger partial charge in [0.05, 0.1) is 12.2 Å². The fraction of sp³-hybridized carbons (Fsp3) is 0.522. The maximum atomic E-state index is 13.1. The molecule has 4 rings (SSSR count). The molecule has 1 aliphatic heterocycles. The Balaban J connectivity index is 1.44. The number of piperidine rings is 1. The molecule has 1 aliphatic rings. The van der Waals surface area contributed by atoms with Gasteiger partial charge < -0.3 is 14.3 Å². The molecule has 3 aromatic rings. The molecule has 32 heavy (non-hydrogen) atoms. The molecule has 170 valence electrons. The summed E-state index contributed by atoms with van der Waals surface area (Å²) in [7, 11) is 0. The number of aromatic nitrogens is 5. The largest absolute Gasteiger partial charge is 0.372 e. The van der Waals surface area contributed by atoms with Gasteiger partial charge in [0, 0.05) is 43.3 Å². The standard InChI is InChI=1S/C23H31N7O2/c1-5-28(6-2)18-11-9-17(10-12-18)23(31)29-13-7-8-19(14-29)30-15-20(25-27-30)22-24-21(16(3)4)26-32-22/h9-12,15-16,19H,5-8,13-14H2,1-4H3. The van der Waals surface area contributed by atoms with Crippen LogP contribution in [0.25, 0.3) is 11.6 Å². The predicted octanol–water partition coefficient (Wildman–Crippen LogP) is 3.78. The van der Waals surface area contributed by atoms with E-state index in [0.29, 0.717) is 29.5 Å². The highest BCUT2D eigenvalue weighted by Gasteiger charge is 2.27. The van der Waals surface area contributed by atoms with Crippen LogP contribution in [0.1, 0.15) is 68.7 Å². The molecule has 0 N–H and O–H groups in total. The number of hydrogen-bond donors (Lipinski definition) is 0. The first-order valence-electron chi connectivity index (χ1n) is 11.4. The molecule has 1 aromatic carbocycles. The number of benzene rings is 1. The van der Waals surface area contributed by atoms with Gasteiger partial charge in [-0.15, -0.1) is 5.10 Å². The molecule has 9 nitrogen and oxygen atoms in total. The molecular weight excluding hydrogens is 406 g/mol. The maximum Gasteiger partial charge on any atom is 0.280 e. The van der Waals surface area contributed by atoms with Gasteiger partial charge in [-0.1, -0.05) is 24.2 Å². The van der Waals surface area contributed by atoms with Gasteiger partial charge >= 0.3 is 0 Å². The number of rotatable bonds is 7. The van der Waals surface area contributed by atoms with E-state index in [0.717, 1.165) is 38.2 Å². The summed E-state index contributed by atoms with van der Waals surface area (Å²) < 4.78 is 7.14. The van der Waals surface area contributed by atoms with Crippen LogP contribution in [0, 0.1) is 0 Å². The Kier molecular flexibility index (Phi) is 6.53. The topological polar surface area (TPSA) is 93.2 Å². The van der Waals surface area contributed by atoms with Gasteiger partial charge in [-0.25, -0.2) is 4.68 Å². The highest BCUT2D eigenvalue weighted by Crippen LogP contribution is 2.25. The van der Waals surface area contributed by atoms with Gasteiger partial charge in [-0.2, -0.15) is 4.98 Å². The molecule has 0 aliphatic carbocycles. The lowest BCUT2D eigenvalue weighted by Crippen LogP contribution is -2.40. The molecule has 0 bridgehead atoms. The Bertz CT molecular complexity index is 1040. The van der Waals surface area contributed by atoms with Gasteiger partial charge in [-0.05, 0) is 51.0 Å². The van der Waals surface area contributed by atoms with Crippen molar-refractivity contribution in [3.8, 4) is 11.6 Å². The number of carbonyl (C=O) groups excluding carboxylic acids is 1. The van der Waals surface area contributed by atoms with E-state index in [1.54, 1.807) is 0 Å². The normalized spacial score (nSPS) is 16.5. The van der Waals surface area contributed by atoms with E-state index in [1.807, 2.05) is 53.9 Å². The molecule has 1 atom stereocenters. The zero-order chi connectivity index (χ0) is 22.7. The Hall–Kier alpha value is -3.23. The van der Waals surface area contributed by atoms with Crippen LogP contribution in [0.4, 0.5) is 5.69 Å². The van der Waals surface area contributed by atoms with Crippen LogP contribution in [-0.4, -0.2) is 62.1 Å². The van der Waals surface area contributed by atoms with Crippen molar-refractivity contribution in [1.82, 2.24) is 30.0 Å². The van der Waals surface area contributed by atoms with E-state index in [1.165, 1.54) is 0 Å². The summed E-state index contributed by atoms with van der Waals surface area (Å²) in [5, 5.41) is 12.5. The highest BCUT2D eigenvalue weighted by molar-refractivity contribution is 5.94. The minimum atomic E-state index is 0.0552. The van der Waals surface area contributed by atoms with Crippen molar-refractivity contribution < 1.29 is 9.32 Å². The quantitative estimate of drug-likeness (QED) is 0.555. The van der Waals surface area contributed by atoms with Crippen LogP contribution in [0.2, 0.25) is 0 Å². The van der Waals surface area contributed by atoms with E-state index < -0.39 is 0 Å². The monoisotopic (exact) mass is 437 g/mol. The van der Waals surface area contributed by atoms with E-state index in [2.05, 4.69) is 39.2 Å². The fourth-order valence-corrected chi connectivity index (χ4v) is 4.07. The van der Waals surface area contributed by atoms with Crippen molar-refractivity contribution in [3.05, 3.63) is 41.9 Å². The zero-order valence-electron chi connectivity index (χ0n) is 19.2. The first-order valence-corrected chi connectivity index (χ1v) is 11.4. The summed E-state index contributed by atoms with van der Waals surface area (Å²) in [6.07, 6.45) is 3.69. The van der Waals surface area contributed by atoms with Gasteiger partial charge in [0.25, 0.3) is 11.8 Å². The summed E-state index contributed by atoms with van der Waals surface area (Å²) in [5.41, 5.74) is 2.41. The summed E-state index contributed by atoms with van der Waals surface area (Å²) in [4.78, 5) is 21.7. The van der Waals surface area contributed by atoms with Crippen molar-refractivity contribution in [3.63, 3.8) is 0 Å². The first kappa shape index (κ1) is 22.0. The van der Waals surface area contributed by atoms with Gasteiger partial charge in [0.2, 0.25) is 0 Å². The van der Waals surface area contributed by atoms with Crippen LogP contribution in [0.15, 0.2) is 35.0 Å². The molecule has 0 saturated carbocycles. The van der Waals surface area contributed by atoms with Crippen molar-refractivity contribution in [1.29, 1.82) is 0 Å². The van der Waals surface area contributed by atoms with Gasteiger partial charge in [0.1, 0.15) is 0 Å². The zero-order valence-corrected chi connectivity index (χ0v) is 19.2. The second-order valence-electron chi connectivity index (χ2n) is 8.46. The average molecular weight is 438 g/mol. The molecular formula is C23H31N7O2. The number of amides is 1. The minimum Gasteiger partial charge on any atom is -0.372 e. The van der Waals surface area contributed by atoms with Gasteiger partial charge in [0.15, 0.2) is 11.5 Å². The Morgan fingerprint density at radius 2 is 1.97 bits per heavy atom. The molecule has 0 radical (unpaired) electrons. The van der Waals surface area contributed by atoms with Crippen LogP contribution in [0.3, 0.4) is 0 Å². The number of nitrogens with zero attached hydrogens (tertiary/aromatic N) is 7. The summed E-state index contributed by atoms with van der Waals surface area (Å²) in [6, 6.07) is 7.98. The van der Waals surface area contributed by atoms with E-state index in [4.69, 9.17) is 4.52 Å². The molecule has 1 saturated heterocycles. The lowest BCUT2D eigenvalue weighted by atomic mass is 10.0. The lowest BCUT2D eigenvalue weighted by Gasteiger charge is -2.32. The predicted molar refractivity (Wildman–Crippen MR) is 122 cm³/mol. The van der Waals surface area contributed by atoms with Crippen LogP contribution in [0.5, 0.6) is 0 Å². The number of hydrogen-bond acceptors (Lipinski definition) is 7. The molecule has 1 fully saturated rings. The van der Waals surface area contributed by atoms with E-state index in [9.17, 15) is 4.79 Å². The third kappa shape index (κ3) is 4.51. The molecule has 2 aromatic heterocycles. The molecule has 1 amide bonds.